The zero-order chi connectivity index (χ0) is 15.4. The van der Waals surface area contributed by atoms with Crippen LogP contribution in [0.3, 0.4) is 0 Å². The molecule has 0 aliphatic heterocycles. The number of methoxy groups -OCH3 is 2. The van der Waals surface area contributed by atoms with Crippen molar-refractivity contribution in [2.45, 2.75) is 0 Å². The lowest BCUT2D eigenvalue weighted by molar-refractivity contribution is 0.102. The molecule has 2 aromatic rings. The number of hydrogen-bond acceptors (Lipinski definition) is 3. The van der Waals surface area contributed by atoms with Crippen molar-refractivity contribution in [3.05, 3.63) is 50.9 Å². The molecular weight excluding hydrogens is 402 g/mol. The summed E-state index contributed by atoms with van der Waals surface area (Å²) in [7, 11) is 3.12. The predicted molar refractivity (Wildman–Crippen MR) is 89.3 cm³/mol. The number of amides is 1. The summed E-state index contributed by atoms with van der Waals surface area (Å²) in [5.74, 6) is 0.975. The molecule has 0 bridgehead atoms. The topological polar surface area (TPSA) is 47.6 Å². The molecule has 0 aliphatic rings. The Hall–Kier alpha value is -1.53. The molecule has 0 radical (unpaired) electrons. The van der Waals surface area contributed by atoms with E-state index in [0.717, 1.165) is 8.95 Å². The Morgan fingerprint density at radius 3 is 2.24 bits per heavy atom. The van der Waals surface area contributed by atoms with Crippen molar-refractivity contribution >= 4 is 43.5 Å². The number of carbonyl (C=O) groups is 1. The van der Waals surface area contributed by atoms with Gasteiger partial charge in [-0.1, -0.05) is 31.9 Å². The number of hydrogen-bond donors (Lipinski definition) is 1. The van der Waals surface area contributed by atoms with Crippen LogP contribution in [0.25, 0.3) is 0 Å². The summed E-state index contributed by atoms with van der Waals surface area (Å²) >= 11 is 6.73. The van der Waals surface area contributed by atoms with Crippen molar-refractivity contribution in [3.63, 3.8) is 0 Å². The molecule has 2 rings (SSSR count). The van der Waals surface area contributed by atoms with E-state index in [1.807, 2.05) is 6.07 Å². The number of carbonyl (C=O) groups excluding carboxylic acids is 1. The Bertz CT molecular complexity index is 654. The van der Waals surface area contributed by atoms with Crippen molar-refractivity contribution in [1.29, 1.82) is 0 Å². The third-order valence-corrected chi connectivity index (χ3v) is 3.70. The van der Waals surface area contributed by atoms with Crippen molar-refractivity contribution in [2.24, 2.45) is 0 Å². The zero-order valence-electron chi connectivity index (χ0n) is 11.4. The van der Waals surface area contributed by atoms with Crippen LogP contribution in [0.4, 0.5) is 5.69 Å². The summed E-state index contributed by atoms with van der Waals surface area (Å²) in [4.78, 5) is 12.3. The van der Waals surface area contributed by atoms with Crippen molar-refractivity contribution in [3.8, 4) is 11.5 Å². The lowest BCUT2D eigenvalue weighted by Gasteiger charge is -2.12. The monoisotopic (exact) mass is 413 g/mol. The van der Waals surface area contributed by atoms with E-state index in [4.69, 9.17) is 9.47 Å². The number of ether oxygens (including phenoxy) is 2. The Kier molecular flexibility index (Phi) is 5.25. The number of halogens is 2. The zero-order valence-corrected chi connectivity index (χ0v) is 14.6. The summed E-state index contributed by atoms with van der Waals surface area (Å²) in [5, 5.41) is 2.82. The van der Waals surface area contributed by atoms with E-state index in [1.165, 1.54) is 0 Å². The van der Waals surface area contributed by atoms with E-state index in [-0.39, 0.29) is 5.91 Å². The van der Waals surface area contributed by atoms with Gasteiger partial charge in [0, 0.05) is 20.6 Å². The molecule has 0 fully saturated rings. The largest absolute Gasteiger partial charge is 0.497 e. The molecule has 1 N–H and O–H groups in total. The maximum atomic E-state index is 12.3. The first-order valence-corrected chi connectivity index (χ1v) is 7.61. The first-order chi connectivity index (χ1) is 10.0. The van der Waals surface area contributed by atoms with Crippen LogP contribution in [0.15, 0.2) is 45.3 Å². The second-order valence-corrected chi connectivity index (χ2v) is 6.01. The maximum absolute atomic E-state index is 12.3. The van der Waals surface area contributed by atoms with Gasteiger partial charge in [-0.25, -0.2) is 0 Å². The highest BCUT2D eigenvalue weighted by atomic mass is 79.9. The Morgan fingerprint density at radius 2 is 1.67 bits per heavy atom. The number of anilines is 1. The molecule has 0 saturated heterocycles. The summed E-state index contributed by atoms with van der Waals surface area (Å²) < 4.78 is 12.0. The molecule has 0 heterocycles. The maximum Gasteiger partial charge on any atom is 0.255 e. The van der Waals surface area contributed by atoms with Gasteiger partial charge in [0.1, 0.15) is 11.5 Å². The molecule has 0 saturated carbocycles. The van der Waals surface area contributed by atoms with Gasteiger partial charge in [0.2, 0.25) is 0 Å². The van der Waals surface area contributed by atoms with Gasteiger partial charge in [-0.3, -0.25) is 4.79 Å². The highest BCUT2D eigenvalue weighted by Gasteiger charge is 2.12. The first-order valence-electron chi connectivity index (χ1n) is 6.03. The number of benzene rings is 2. The molecule has 0 atom stereocenters. The molecule has 21 heavy (non-hydrogen) atoms. The summed E-state index contributed by atoms with van der Waals surface area (Å²) in [6.07, 6.45) is 0. The molecule has 0 spiro atoms. The van der Waals surface area contributed by atoms with Crippen LogP contribution in [0.5, 0.6) is 11.5 Å². The lowest BCUT2D eigenvalue weighted by atomic mass is 10.2. The van der Waals surface area contributed by atoms with E-state index in [9.17, 15) is 4.79 Å². The van der Waals surface area contributed by atoms with Gasteiger partial charge in [-0.15, -0.1) is 0 Å². The molecule has 6 heteroatoms. The average molecular weight is 415 g/mol. The SMILES string of the molecule is COc1ccc(OC)c(NC(=O)c2cc(Br)cc(Br)c2)c1. The number of rotatable bonds is 4. The Labute approximate surface area is 139 Å². The second kappa shape index (κ2) is 6.95. The van der Waals surface area contributed by atoms with Crippen LogP contribution in [0.2, 0.25) is 0 Å². The van der Waals surface area contributed by atoms with Crippen LogP contribution in [-0.2, 0) is 0 Å². The molecule has 110 valence electrons. The Morgan fingerprint density at radius 1 is 1.00 bits per heavy atom. The third-order valence-electron chi connectivity index (χ3n) is 2.78. The van der Waals surface area contributed by atoms with Gasteiger partial charge in [-0.2, -0.15) is 0 Å². The van der Waals surface area contributed by atoms with Crippen LogP contribution >= 0.6 is 31.9 Å². The molecule has 1 amide bonds. The summed E-state index contributed by atoms with van der Waals surface area (Å²) in [6.45, 7) is 0. The normalized spacial score (nSPS) is 10.1. The molecule has 0 aromatic heterocycles. The smallest absolute Gasteiger partial charge is 0.255 e. The minimum atomic E-state index is -0.233. The quantitative estimate of drug-likeness (QED) is 0.802. The van der Waals surface area contributed by atoms with Crippen LogP contribution in [-0.4, -0.2) is 20.1 Å². The van der Waals surface area contributed by atoms with Gasteiger partial charge >= 0.3 is 0 Å². The summed E-state index contributed by atoms with van der Waals surface area (Å²) in [6, 6.07) is 10.6. The lowest BCUT2D eigenvalue weighted by Crippen LogP contribution is -2.12. The second-order valence-electron chi connectivity index (χ2n) is 4.18. The fourth-order valence-electron chi connectivity index (χ4n) is 1.79. The fraction of sp³-hybridized carbons (Fsp3) is 0.133. The number of nitrogens with one attached hydrogen (secondary N) is 1. The minimum absolute atomic E-state index is 0.233. The van der Waals surface area contributed by atoms with Crippen LogP contribution in [0.1, 0.15) is 10.4 Å². The highest BCUT2D eigenvalue weighted by Crippen LogP contribution is 2.29. The molecular formula is C15H13Br2NO3. The molecule has 0 unspecified atom stereocenters. The van der Waals surface area contributed by atoms with Crippen molar-refractivity contribution in [1.82, 2.24) is 0 Å². The van der Waals surface area contributed by atoms with Gasteiger partial charge in [0.15, 0.2) is 0 Å². The average Bonchev–Trinajstić information content (AvgIpc) is 2.46. The minimum Gasteiger partial charge on any atom is -0.497 e. The summed E-state index contributed by atoms with van der Waals surface area (Å²) in [5.41, 5.74) is 1.08. The predicted octanol–water partition coefficient (Wildman–Crippen LogP) is 4.48. The van der Waals surface area contributed by atoms with Gasteiger partial charge < -0.3 is 14.8 Å². The van der Waals surface area contributed by atoms with E-state index in [0.29, 0.717) is 22.7 Å². The molecule has 4 nitrogen and oxygen atoms in total. The molecule has 2 aromatic carbocycles. The van der Waals surface area contributed by atoms with E-state index in [1.54, 1.807) is 44.6 Å². The first kappa shape index (κ1) is 15.9. The van der Waals surface area contributed by atoms with Gasteiger partial charge in [0.25, 0.3) is 5.91 Å². The fourth-order valence-corrected chi connectivity index (χ4v) is 3.08. The third kappa shape index (κ3) is 3.98. The van der Waals surface area contributed by atoms with Crippen molar-refractivity contribution < 1.29 is 14.3 Å². The van der Waals surface area contributed by atoms with Gasteiger partial charge in [0.05, 0.1) is 19.9 Å². The van der Waals surface area contributed by atoms with Crippen LogP contribution < -0.4 is 14.8 Å². The Balaban J connectivity index is 2.30. The van der Waals surface area contributed by atoms with E-state index >= 15 is 0 Å². The van der Waals surface area contributed by atoms with Crippen LogP contribution in [0, 0.1) is 0 Å². The van der Waals surface area contributed by atoms with Crippen molar-refractivity contribution in [2.75, 3.05) is 19.5 Å². The highest BCUT2D eigenvalue weighted by molar-refractivity contribution is 9.11. The van der Waals surface area contributed by atoms with Gasteiger partial charge in [-0.05, 0) is 30.3 Å². The van der Waals surface area contributed by atoms with E-state index < -0.39 is 0 Å². The molecule has 0 aliphatic carbocycles. The van der Waals surface area contributed by atoms with E-state index in [2.05, 4.69) is 37.2 Å². The standard InChI is InChI=1S/C15H13Br2NO3/c1-20-12-3-4-14(21-2)13(8-12)18-15(19)9-5-10(16)7-11(17)6-9/h3-8H,1-2H3,(H,18,19).